The van der Waals surface area contributed by atoms with Crippen LogP contribution in [0.15, 0.2) is 52.1 Å². The van der Waals surface area contributed by atoms with Crippen LogP contribution in [0.3, 0.4) is 0 Å². The van der Waals surface area contributed by atoms with Gasteiger partial charge >= 0.3 is 0 Å². The summed E-state index contributed by atoms with van der Waals surface area (Å²) in [5.41, 5.74) is 0.600. The van der Waals surface area contributed by atoms with Crippen LogP contribution in [0.1, 0.15) is 17.2 Å². The number of aromatic amines is 2. The average molecular weight is 297 g/mol. The molecule has 1 aromatic carbocycles. The summed E-state index contributed by atoms with van der Waals surface area (Å²) in [6, 6.07) is 12.5. The molecule has 7 nitrogen and oxygen atoms in total. The number of benzene rings is 1. The first-order valence-corrected chi connectivity index (χ1v) is 6.95. The summed E-state index contributed by atoms with van der Waals surface area (Å²) in [7, 11) is 0. The molecule has 0 bridgehead atoms. The number of hydrogen-bond acceptors (Lipinski definition) is 4. The Kier molecular flexibility index (Phi) is 3.95. The van der Waals surface area contributed by atoms with Crippen LogP contribution in [-0.4, -0.2) is 25.0 Å². The van der Waals surface area contributed by atoms with Crippen LogP contribution >= 0.6 is 0 Å². The van der Waals surface area contributed by atoms with Crippen molar-refractivity contribution in [2.24, 2.45) is 0 Å². The monoisotopic (exact) mass is 297 g/mol. The number of aryl methyl sites for hydroxylation is 2. The van der Waals surface area contributed by atoms with E-state index in [1.807, 2.05) is 18.2 Å². The largest absolute Gasteiger partial charge is 0.268 e. The summed E-state index contributed by atoms with van der Waals surface area (Å²) in [4.78, 5) is 27.2. The van der Waals surface area contributed by atoms with Crippen LogP contribution in [0.4, 0.5) is 0 Å². The molecule has 0 unspecified atom stereocenters. The second-order valence-corrected chi connectivity index (χ2v) is 4.92. The van der Waals surface area contributed by atoms with E-state index in [-0.39, 0.29) is 17.7 Å². The minimum Gasteiger partial charge on any atom is -0.268 e. The molecule has 2 N–H and O–H groups in total. The first-order chi connectivity index (χ1) is 10.7. The highest BCUT2D eigenvalue weighted by Crippen LogP contribution is 2.04. The zero-order valence-corrected chi connectivity index (χ0v) is 11.8. The molecule has 0 saturated carbocycles. The fraction of sp³-hybridized carbons (Fsp3) is 0.200. The summed E-state index contributed by atoms with van der Waals surface area (Å²) in [5.74, 6) is 1.22. The van der Waals surface area contributed by atoms with Crippen LogP contribution in [-0.2, 0) is 19.4 Å². The lowest BCUT2D eigenvalue weighted by Gasteiger charge is -2.00. The number of hydrogen-bond donors (Lipinski definition) is 2. The zero-order valence-electron chi connectivity index (χ0n) is 11.8. The van der Waals surface area contributed by atoms with E-state index in [0.29, 0.717) is 18.1 Å². The molecule has 0 radical (unpaired) electrons. The van der Waals surface area contributed by atoms with Gasteiger partial charge in [-0.25, -0.2) is 9.67 Å². The third-order valence-electron chi connectivity index (χ3n) is 3.25. The number of aromatic nitrogens is 5. The molecule has 0 aliphatic rings. The Balaban J connectivity index is 1.67. The van der Waals surface area contributed by atoms with Crippen molar-refractivity contribution < 1.29 is 0 Å². The van der Waals surface area contributed by atoms with Crippen molar-refractivity contribution in [3.63, 3.8) is 0 Å². The Bertz CT molecular complexity index is 863. The Morgan fingerprint density at radius 1 is 1.00 bits per heavy atom. The quantitative estimate of drug-likeness (QED) is 0.716. The third-order valence-corrected chi connectivity index (χ3v) is 3.25. The fourth-order valence-corrected chi connectivity index (χ4v) is 2.15. The minimum atomic E-state index is -0.330. The SMILES string of the molecule is O=c1ccc(=O)n(Cc2nc(CCc3ccccc3)n[nH]2)[nH]1. The number of nitrogens with zero attached hydrogens (tertiary/aromatic N) is 3. The molecule has 0 spiro atoms. The molecule has 3 aromatic rings. The predicted octanol–water partition coefficient (Wildman–Crippen LogP) is 0.488. The summed E-state index contributed by atoms with van der Waals surface area (Å²) >= 11 is 0. The molecule has 2 heterocycles. The van der Waals surface area contributed by atoms with E-state index in [0.717, 1.165) is 6.42 Å². The normalized spacial score (nSPS) is 10.7. The average Bonchev–Trinajstić information content (AvgIpc) is 2.98. The highest BCUT2D eigenvalue weighted by Gasteiger charge is 2.06. The summed E-state index contributed by atoms with van der Waals surface area (Å²) in [5, 5.41) is 9.38. The lowest BCUT2D eigenvalue weighted by molar-refractivity contribution is 0.605. The molecule has 0 aliphatic heterocycles. The van der Waals surface area contributed by atoms with Crippen molar-refractivity contribution >= 4 is 0 Å². The van der Waals surface area contributed by atoms with Crippen LogP contribution in [0.2, 0.25) is 0 Å². The molecular weight excluding hydrogens is 282 g/mol. The van der Waals surface area contributed by atoms with Crippen molar-refractivity contribution in [1.82, 2.24) is 25.0 Å². The maximum absolute atomic E-state index is 11.6. The lowest BCUT2D eigenvalue weighted by atomic mass is 10.1. The Morgan fingerprint density at radius 3 is 2.64 bits per heavy atom. The van der Waals surface area contributed by atoms with Gasteiger partial charge in [-0.3, -0.25) is 19.8 Å². The van der Waals surface area contributed by atoms with Gasteiger partial charge < -0.3 is 0 Å². The first-order valence-electron chi connectivity index (χ1n) is 6.95. The van der Waals surface area contributed by atoms with Gasteiger partial charge in [0.1, 0.15) is 12.4 Å². The molecule has 7 heteroatoms. The van der Waals surface area contributed by atoms with E-state index in [4.69, 9.17) is 0 Å². The van der Waals surface area contributed by atoms with Gasteiger partial charge in [0.2, 0.25) is 0 Å². The van der Waals surface area contributed by atoms with Gasteiger partial charge in [-0.15, -0.1) is 0 Å². The zero-order chi connectivity index (χ0) is 15.4. The molecule has 0 atom stereocenters. The number of H-pyrrole nitrogens is 2. The van der Waals surface area contributed by atoms with Crippen molar-refractivity contribution in [3.05, 3.63) is 80.4 Å². The Morgan fingerprint density at radius 2 is 1.82 bits per heavy atom. The molecule has 2 aromatic heterocycles. The maximum Gasteiger partial charge on any atom is 0.265 e. The smallest absolute Gasteiger partial charge is 0.265 e. The summed E-state index contributed by atoms with van der Waals surface area (Å²) < 4.78 is 1.20. The minimum absolute atomic E-state index is 0.160. The van der Waals surface area contributed by atoms with Crippen molar-refractivity contribution in [2.75, 3.05) is 0 Å². The van der Waals surface area contributed by atoms with Gasteiger partial charge in [-0.1, -0.05) is 30.3 Å². The third kappa shape index (κ3) is 3.38. The van der Waals surface area contributed by atoms with Crippen LogP contribution in [0, 0.1) is 0 Å². The predicted molar refractivity (Wildman–Crippen MR) is 80.7 cm³/mol. The second-order valence-electron chi connectivity index (χ2n) is 4.92. The maximum atomic E-state index is 11.6. The topological polar surface area (TPSA) is 96.4 Å². The highest BCUT2D eigenvalue weighted by molar-refractivity contribution is 5.15. The van der Waals surface area contributed by atoms with E-state index in [1.54, 1.807) is 0 Å². The van der Waals surface area contributed by atoms with E-state index < -0.39 is 0 Å². The molecule has 0 amide bonds. The molecule has 112 valence electrons. The lowest BCUT2D eigenvalue weighted by Crippen LogP contribution is -2.28. The molecule has 0 saturated heterocycles. The van der Waals surface area contributed by atoms with Gasteiger partial charge in [0.05, 0.1) is 0 Å². The van der Waals surface area contributed by atoms with Gasteiger partial charge in [0.15, 0.2) is 5.82 Å². The molecule has 0 fully saturated rings. The number of nitrogens with one attached hydrogen (secondary N) is 2. The van der Waals surface area contributed by atoms with Crippen LogP contribution in [0.25, 0.3) is 0 Å². The standard InChI is InChI=1S/C15H15N5O2/c21-14-8-9-15(22)20(19-14)10-13-16-12(17-18-13)7-6-11-4-2-1-3-5-11/h1-5,8-9H,6-7,10H2,(H,19,21)(H,16,17,18). The molecule has 3 rings (SSSR count). The van der Waals surface area contributed by atoms with E-state index in [9.17, 15) is 9.59 Å². The second kappa shape index (κ2) is 6.21. The van der Waals surface area contributed by atoms with Gasteiger partial charge in [-0.05, 0) is 12.0 Å². The first kappa shape index (κ1) is 14.0. The molecule has 22 heavy (non-hydrogen) atoms. The van der Waals surface area contributed by atoms with Gasteiger partial charge in [-0.2, -0.15) is 5.10 Å². The van der Waals surface area contributed by atoms with Gasteiger partial charge in [0, 0.05) is 18.6 Å². The fourth-order valence-electron chi connectivity index (χ4n) is 2.15. The van der Waals surface area contributed by atoms with E-state index in [1.165, 1.54) is 22.4 Å². The summed E-state index contributed by atoms with van der Waals surface area (Å²) in [6.07, 6.45) is 1.56. The molecule has 0 aliphatic carbocycles. The summed E-state index contributed by atoms with van der Waals surface area (Å²) in [6.45, 7) is 0.160. The van der Waals surface area contributed by atoms with Gasteiger partial charge in [0.25, 0.3) is 11.1 Å². The van der Waals surface area contributed by atoms with Crippen LogP contribution < -0.4 is 11.1 Å². The van der Waals surface area contributed by atoms with E-state index in [2.05, 4.69) is 32.4 Å². The van der Waals surface area contributed by atoms with Crippen LogP contribution in [0.5, 0.6) is 0 Å². The Labute approximate surface area is 125 Å². The number of rotatable bonds is 5. The highest BCUT2D eigenvalue weighted by atomic mass is 16.1. The van der Waals surface area contributed by atoms with E-state index >= 15 is 0 Å². The molecular formula is C15H15N5O2. The van der Waals surface area contributed by atoms with Crippen molar-refractivity contribution in [2.45, 2.75) is 19.4 Å². The Hall–Kier alpha value is -2.96. The van der Waals surface area contributed by atoms with Crippen molar-refractivity contribution in [1.29, 1.82) is 0 Å². The van der Waals surface area contributed by atoms with Crippen molar-refractivity contribution in [3.8, 4) is 0 Å².